The number of rotatable bonds is 4. The Hall–Kier alpha value is -2.27. The van der Waals surface area contributed by atoms with Crippen LogP contribution in [0.3, 0.4) is 0 Å². The van der Waals surface area contributed by atoms with Gasteiger partial charge in [0.05, 0.1) is 0 Å². The maximum atomic E-state index is 13.5. The molecule has 3 atom stereocenters. The molecule has 0 spiro atoms. The zero-order chi connectivity index (χ0) is 29.7. The van der Waals surface area contributed by atoms with Crippen LogP contribution in [0.2, 0.25) is 0 Å². The zero-order valence-electron chi connectivity index (χ0n) is 26.3. The summed E-state index contributed by atoms with van der Waals surface area (Å²) < 4.78 is 13.5. The van der Waals surface area contributed by atoms with Gasteiger partial charge in [-0.1, -0.05) is 124 Å². The minimum atomic E-state index is -0.868. The van der Waals surface area contributed by atoms with Crippen LogP contribution in [-0.4, -0.2) is 5.67 Å². The minimum absolute atomic E-state index is 0.624. The number of allylic oxidation sites excluding steroid dienone is 4. The third kappa shape index (κ3) is 23.5. The van der Waals surface area contributed by atoms with Crippen LogP contribution in [0.25, 0.3) is 5.57 Å². The number of hydrogen-bond acceptors (Lipinski definition) is 1. The lowest BCUT2D eigenvalue weighted by atomic mass is 9.73. The summed E-state index contributed by atoms with van der Waals surface area (Å²) in [5.74, 6) is 1.36. The first-order valence-electron chi connectivity index (χ1n) is 14.0. The first-order chi connectivity index (χ1) is 17.2. The van der Waals surface area contributed by atoms with Gasteiger partial charge in [-0.3, -0.25) is 0 Å². The quantitative estimate of drug-likeness (QED) is 0.321. The average molecular weight is 504 g/mol. The van der Waals surface area contributed by atoms with Crippen LogP contribution in [0.4, 0.5) is 4.39 Å². The van der Waals surface area contributed by atoms with E-state index >= 15 is 0 Å². The largest absolute Gasteiger partial charge is 0.404 e. The van der Waals surface area contributed by atoms with E-state index in [9.17, 15) is 4.39 Å². The van der Waals surface area contributed by atoms with Crippen molar-refractivity contribution in [2.45, 2.75) is 121 Å². The number of halogens is 1. The normalized spacial score (nSPS) is 19.7. The SMILES string of the molecule is C#C.C=C(/C=C\C(C)=C/N)c1ccc(C)cc1.CC.CC.CC.CC.CC[C@H]1CC(C)(F)CCC1C. The number of benzene rings is 1. The van der Waals surface area contributed by atoms with Gasteiger partial charge in [-0.25, -0.2) is 4.39 Å². The van der Waals surface area contributed by atoms with Crippen molar-refractivity contribution in [3.63, 3.8) is 0 Å². The molecule has 0 bridgehead atoms. The highest BCUT2D eigenvalue weighted by Gasteiger charge is 2.34. The first-order valence-corrected chi connectivity index (χ1v) is 14.0. The van der Waals surface area contributed by atoms with E-state index in [1.165, 1.54) is 5.56 Å². The summed E-state index contributed by atoms with van der Waals surface area (Å²) in [6.45, 7) is 30.2. The van der Waals surface area contributed by atoms with Gasteiger partial charge in [0.15, 0.2) is 0 Å². The molecule has 1 aromatic carbocycles. The number of terminal acetylenes is 1. The van der Waals surface area contributed by atoms with Crippen LogP contribution in [0.1, 0.15) is 120 Å². The molecule has 0 aliphatic heterocycles. The fourth-order valence-electron chi connectivity index (χ4n) is 3.31. The van der Waals surface area contributed by atoms with Gasteiger partial charge in [-0.2, -0.15) is 0 Å². The van der Waals surface area contributed by atoms with Crippen molar-refractivity contribution in [2.75, 3.05) is 0 Å². The molecule has 2 N–H and O–H groups in total. The van der Waals surface area contributed by atoms with Crippen molar-refractivity contribution in [2.24, 2.45) is 17.6 Å². The van der Waals surface area contributed by atoms with Gasteiger partial charge in [0.1, 0.15) is 5.67 Å². The average Bonchev–Trinajstić information content (AvgIpc) is 2.94. The molecule has 1 nitrogen and oxygen atoms in total. The molecule has 1 fully saturated rings. The molecule has 0 amide bonds. The van der Waals surface area contributed by atoms with Gasteiger partial charge >= 0.3 is 0 Å². The van der Waals surface area contributed by atoms with E-state index < -0.39 is 5.67 Å². The Labute approximate surface area is 227 Å². The zero-order valence-corrected chi connectivity index (χ0v) is 26.3. The number of hydrogen-bond donors (Lipinski definition) is 1. The predicted molar refractivity (Wildman–Crippen MR) is 169 cm³/mol. The summed E-state index contributed by atoms with van der Waals surface area (Å²) in [4.78, 5) is 0. The molecule has 36 heavy (non-hydrogen) atoms. The highest BCUT2D eigenvalue weighted by atomic mass is 19.1. The lowest BCUT2D eigenvalue weighted by molar-refractivity contribution is 0.0621. The molecule has 1 aliphatic carbocycles. The second-order valence-electron chi connectivity index (χ2n) is 7.94. The van der Waals surface area contributed by atoms with Crippen LogP contribution in [0, 0.1) is 31.6 Å². The van der Waals surface area contributed by atoms with Crippen molar-refractivity contribution in [1.29, 1.82) is 0 Å². The van der Waals surface area contributed by atoms with Crippen LogP contribution in [-0.2, 0) is 0 Å². The molecule has 2 heteroatoms. The number of nitrogens with two attached hydrogens (primary N) is 1. The highest BCUT2D eigenvalue weighted by molar-refractivity contribution is 5.72. The Morgan fingerprint density at radius 2 is 1.47 bits per heavy atom. The lowest BCUT2D eigenvalue weighted by Crippen LogP contribution is -2.31. The third-order valence-corrected chi connectivity index (χ3v) is 5.37. The van der Waals surface area contributed by atoms with Crippen molar-refractivity contribution >= 4 is 5.57 Å². The molecule has 0 radical (unpaired) electrons. The lowest BCUT2D eigenvalue weighted by Gasteiger charge is -2.36. The van der Waals surface area contributed by atoms with Crippen LogP contribution >= 0.6 is 0 Å². The van der Waals surface area contributed by atoms with Gasteiger partial charge in [0.25, 0.3) is 0 Å². The Morgan fingerprint density at radius 3 is 1.83 bits per heavy atom. The van der Waals surface area contributed by atoms with E-state index in [0.29, 0.717) is 5.92 Å². The Morgan fingerprint density at radius 1 is 1.03 bits per heavy atom. The summed E-state index contributed by atoms with van der Waals surface area (Å²) in [7, 11) is 0. The smallest absolute Gasteiger partial charge is 0.108 e. The van der Waals surface area contributed by atoms with E-state index in [1.54, 1.807) is 13.1 Å². The topological polar surface area (TPSA) is 26.0 Å². The molecule has 2 rings (SSSR count). The van der Waals surface area contributed by atoms with E-state index in [1.807, 2.05) is 74.5 Å². The molecule has 2 unspecified atom stereocenters. The van der Waals surface area contributed by atoms with Crippen molar-refractivity contribution in [1.82, 2.24) is 0 Å². The second-order valence-corrected chi connectivity index (χ2v) is 7.94. The minimum Gasteiger partial charge on any atom is -0.404 e. The van der Waals surface area contributed by atoms with Crippen molar-refractivity contribution < 1.29 is 4.39 Å². The molecule has 210 valence electrons. The van der Waals surface area contributed by atoms with E-state index in [0.717, 1.165) is 48.3 Å². The molecule has 0 aromatic heterocycles. The molecule has 0 saturated heterocycles. The predicted octanol–water partition coefficient (Wildman–Crippen LogP) is 11.3. The maximum Gasteiger partial charge on any atom is 0.108 e. The van der Waals surface area contributed by atoms with Crippen molar-refractivity contribution in [3.05, 3.63) is 65.9 Å². The fourth-order valence-corrected chi connectivity index (χ4v) is 3.31. The number of aryl methyl sites for hydroxylation is 1. The molecular formula is C34H62FN. The molecule has 0 heterocycles. The van der Waals surface area contributed by atoms with Crippen LogP contribution < -0.4 is 5.73 Å². The molecular weight excluding hydrogens is 441 g/mol. The highest BCUT2D eigenvalue weighted by Crippen LogP contribution is 2.39. The molecule has 1 aliphatic rings. The Kier molecular flexibility index (Phi) is 37.4. The van der Waals surface area contributed by atoms with Crippen LogP contribution in [0.15, 0.2) is 54.8 Å². The summed E-state index contributed by atoms with van der Waals surface area (Å²) in [6.07, 6.45) is 17.3. The maximum absolute atomic E-state index is 13.5. The van der Waals surface area contributed by atoms with E-state index in [2.05, 4.69) is 64.5 Å². The van der Waals surface area contributed by atoms with Crippen molar-refractivity contribution in [3.8, 4) is 12.8 Å². The summed E-state index contributed by atoms with van der Waals surface area (Å²) in [6, 6.07) is 8.31. The Balaban J connectivity index is -0.000000134. The summed E-state index contributed by atoms with van der Waals surface area (Å²) in [5.41, 5.74) is 8.93. The van der Waals surface area contributed by atoms with Gasteiger partial charge in [0, 0.05) is 0 Å². The summed E-state index contributed by atoms with van der Waals surface area (Å²) >= 11 is 0. The molecule has 1 saturated carbocycles. The van der Waals surface area contributed by atoms with E-state index in [4.69, 9.17) is 5.73 Å². The van der Waals surface area contributed by atoms with Crippen LogP contribution in [0.5, 0.6) is 0 Å². The fraction of sp³-hybridized carbons (Fsp3) is 0.588. The Bertz CT molecular complexity index is 662. The standard InChI is InChI=1S/C14H17N.C10H19F.4C2H6.C2H2/c1-11-5-8-14(9-6-11)13(3)7-4-12(2)10-15;1-4-9-7-10(3,11)6-5-8(9)2;5*1-2/h4-10H,3,15H2,1-2H3;8-9H,4-7H2,1-3H3;4*1-2H3;1-2H/b7-4-,12-10-;;;;;;/t;8?,9-,10?;;;;;/m.0...../s1. The monoisotopic (exact) mass is 503 g/mol. The van der Waals surface area contributed by atoms with Gasteiger partial charge in [0.2, 0.25) is 0 Å². The summed E-state index contributed by atoms with van der Waals surface area (Å²) in [5, 5.41) is 0. The van der Waals surface area contributed by atoms with Gasteiger partial charge < -0.3 is 5.73 Å². The third-order valence-electron chi connectivity index (χ3n) is 5.37. The first kappa shape index (κ1) is 43.8. The van der Waals surface area contributed by atoms with Gasteiger partial charge in [-0.15, -0.1) is 12.8 Å². The number of alkyl halides is 1. The second kappa shape index (κ2) is 30.8. The van der Waals surface area contributed by atoms with Gasteiger partial charge in [-0.05, 0) is 74.8 Å². The van der Waals surface area contributed by atoms with E-state index in [-0.39, 0.29) is 0 Å². The molecule has 1 aromatic rings.